The number of amides is 2. The summed E-state index contributed by atoms with van der Waals surface area (Å²) in [4.78, 5) is 27.8. The van der Waals surface area contributed by atoms with Crippen molar-refractivity contribution in [3.63, 3.8) is 0 Å². The molecule has 164 valence electrons. The summed E-state index contributed by atoms with van der Waals surface area (Å²) in [5.41, 5.74) is 3.16. The molecule has 0 atom stereocenters. The van der Waals surface area contributed by atoms with Gasteiger partial charge in [0.1, 0.15) is 11.4 Å². The lowest BCUT2D eigenvalue weighted by Crippen LogP contribution is -2.34. The Morgan fingerprint density at radius 3 is 2.35 bits per heavy atom. The van der Waals surface area contributed by atoms with Crippen molar-refractivity contribution in [2.24, 2.45) is 0 Å². The van der Waals surface area contributed by atoms with Gasteiger partial charge in [0, 0.05) is 25.4 Å². The number of carbonyl (C=O) groups excluding carboxylic acids is 2. The Hall–Kier alpha value is -3.12. The fraction of sp³-hybridized carbons (Fsp3) is 0.360. The standard InChI is InChI=1S/C25H30N2O4/c1-4-16-31-20-13-11-19(12-14-20)22-23(26-21-10-7-6-9-18(21)3)25(29)27(24(22)28)15-8-17-30-5-2/h6-7,9-14,26H,4-5,8,15-17H2,1-3H3. The molecule has 1 aliphatic rings. The van der Waals surface area contributed by atoms with Crippen molar-refractivity contribution in [1.82, 2.24) is 4.90 Å². The first-order chi connectivity index (χ1) is 15.1. The van der Waals surface area contributed by atoms with E-state index in [0.29, 0.717) is 49.6 Å². The number of carbonyl (C=O) groups is 2. The van der Waals surface area contributed by atoms with Crippen molar-refractivity contribution in [3.8, 4) is 5.75 Å². The molecule has 0 fully saturated rings. The molecule has 0 saturated carbocycles. The minimum absolute atomic E-state index is 0.292. The summed E-state index contributed by atoms with van der Waals surface area (Å²) in [5, 5.41) is 3.22. The summed E-state index contributed by atoms with van der Waals surface area (Å²) < 4.78 is 11.0. The third-order valence-electron chi connectivity index (χ3n) is 5.06. The van der Waals surface area contributed by atoms with Crippen LogP contribution < -0.4 is 10.1 Å². The smallest absolute Gasteiger partial charge is 0.278 e. The first kappa shape index (κ1) is 22.6. The highest BCUT2D eigenvalue weighted by atomic mass is 16.5. The second-order valence-electron chi connectivity index (χ2n) is 7.38. The molecule has 0 radical (unpaired) electrons. The van der Waals surface area contributed by atoms with Crippen LogP contribution in [0.1, 0.15) is 37.8 Å². The van der Waals surface area contributed by atoms with Crippen LogP contribution >= 0.6 is 0 Å². The minimum Gasteiger partial charge on any atom is -0.494 e. The van der Waals surface area contributed by atoms with E-state index in [2.05, 4.69) is 5.32 Å². The number of anilines is 1. The highest BCUT2D eigenvalue weighted by Crippen LogP contribution is 2.32. The molecule has 0 spiro atoms. The third kappa shape index (κ3) is 5.33. The molecule has 0 aromatic heterocycles. The number of nitrogens with zero attached hydrogens (tertiary/aromatic N) is 1. The van der Waals surface area contributed by atoms with Gasteiger partial charge in [0.25, 0.3) is 11.8 Å². The van der Waals surface area contributed by atoms with E-state index in [-0.39, 0.29) is 11.8 Å². The minimum atomic E-state index is -0.314. The van der Waals surface area contributed by atoms with Crippen LogP contribution in [0.3, 0.4) is 0 Å². The molecule has 2 aromatic carbocycles. The van der Waals surface area contributed by atoms with Gasteiger partial charge < -0.3 is 14.8 Å². The number of aryl methyl sites for hydroxylation is 1. The number of para-hydroxylation sites is 1. The third-order valence-corrected chi connectivity index (χ3v) is 5.06. The molecule has 6 nitrogen and oxygen atoms in total. The predicted octanol–water partition coefficient (Wildman–Crippen LogP) is 4.40. The fourth-order valence-corrected chi connectivity index (χ4v) is 3.42. The lowest BCUT2D eigenvalue weighted by Gasteiger charge is -2.15. The van der Waals surface area contributed by atoms with Crippen LogP contribution in [-0.2, 0) is 14.3 Å². The van der Waals surface area contributed by atoms with Crippen molar-refractivity contribution in [2.45, 2.75) is 33.6 Å². The van der Waals surface area contributed by atoms with E-state index < -0.39 is 0 Å². The zero-order valence-corrected chi connectivity index (χ0v) is 18.4. The fourth-order valence-electron chi connectivity index (χ4n) is 3.42. The highest BCUT2D eigenvalue weighted by molar-refractivity contribution is 6.36. The van der Waals surface area contributed by atoms with E-state index in [0.717, 1.165) is 23.4 Å². The van der Waals surface area contributed by atoms with Crippen LogP contribution in [-0.4, -0.2) is 43.1 Å². The molecule has 0 saturated heterocycles. The second kappa shape index (κ2) is 10.8. The molecule has 0 aliphatic carbocycles. The van der Waals surface area contributed by atoms with E-state index in [9.17, 15) is 9.59 Å². The Bertz CT molecular complexity index is 950. The van der Waals surface area contributed by atoms with Crippen molar-refractivity contribution < 1.29 is 19.1 Å². The Morgan fingerprint density at radius 1 is 0.935 bits per heavy atom. The average Bonchev–Trinajstić information content (AvgIpc) is 3.01. The average molecular weight is 423 g/mol. The van der Waals surface area contributed by atoms with Crippen LogP contribution in [0.5, 0.6) is 5.75 Å². The molecular formula is C25H30N2O4. The van der Waals surface area contributed by atoms with Gasteiger partial charge in [0.05, 0.1) is 12.2 Å². The number of benzene rings is 2. The number of imide groups is 1. The van der Waals surface area contributed by atoms with Gasteiger partial charge in [-0.15, -0.1) is 0 Å². The maximum absolute atomic E-state index is 13.3. The number of ether oxygens (including phenoxy) is 2. The van der Waals surface area contributed by atoms with Gasteiger partial charge in [0.2, 0.25) is 0 Å². The van der Waals surface area contributed by atoms with E-state index in [4.69, 9.17) is 9.47 Å². The SMILES string of the molecule is CCCOc1ccc(C2=C(Nc3ccccc3C)C(=O)N(CCCOCC)C2=O)cc1. The summed E-state index contributed by atoms with van der Waals surface area (Å²) in [7, 11) is 0. The van der Waals surface area contributed by atoms with E-state index in [1.807, 2.05) is 69.3 Å². The van der Waals surface area contributed by atoms with E-state index in [1.54, 1.807) is 0 Å². The van der Waals surface area contributed by atoms with Crippen LogP contribution in [0.15, 0.2) is 54.2 Å². The molecular weight excluding hydrogens is 392 g/mol. The summed E-state index contributed by atoms with van der Waals surface area (Å²) >= 11 is 0. The zero-order chi connectivity index (χ0) is 22.2. The van der Waals surface area contributed by atoms with Crippen molar-refractivity contribution in [3.05, 3.63) is 65.4 Å². The summed E-state index contributed by atoms with van der Waals surface area (Å²) in [6, 6.07) is 15.0. The largest absolute Gasteiger partial charge is 0.494 e. The summed E-state index contributed by atoms with van der Waals surface area (Å²) in [6.45, 7) is 7.99. The molecule has 1 aliphatic heterocycles. The topological polar surface area (TPSA) is 67.9 Å². The Morgan fingerprint density at radius 2 is 1.68 bits per heavy atom. The maximum Gasteiger partial charge on any atom is 0.278 e. The van der Waals surface area contributed by atoms with E-state index in [1.165, 1.54) is 4.90 Å². The first-order valence-electron chi connectivity index (χ1n) is 10.8. The molecule has 1 heterocycles. The Kier molecular flexibility index (Phi) is 7.84. The first-order valence-corrected chi connectivity index (χ1v) is 10.8. The number of rotatable bonds is 11. The molecule has 2 amide bonds. The van der Waals surface area contributed by atoms with Crippen molar-refractivity contribution >= 4 is 23.1 Å². The molecule has 31 heavy (non-hydrogen) atoms. The quantitative estimate of drug-likeness (QED) is 0.429. The molecule has 6 heteroatoms. The zero-order valence-electron chi connectivity index (χ0n) is 18.4. The molecule has 0 bridgehead atoms. The van der Waals surface area contributed by atoms with Gasteiger partial charge in [-0.05, 0) is 56.0 Å². The van der Waals surface area contributed by atoms with Gasteiger partial charge in [-0.2, -0.15) is 0 Å². The van der Waals surface area contributed by atoms with Crippen molar-refractivity contribution in [1.29, 1.82) is 0 Å². The number of hydrogen-bond acceptors (Lipinski definition) is 5. The Balaban J connectivity index is 1.92. The maximum atomic E-state index is 13.3. The van der Waals surface area contributed by atoms with Crippen LogP contribution in [0.4, 0.5) is 5.69 Å². The summed E-state index contributed by atoms with van der Waals surface area (Å²) in [5.74, 6) is 0.135. The van der Waals surface area contributed by atoms with Gasteiger partial charge in [-0.3, -0.25) is 14.5 Å². The van der Waals surface area contributed by atoms with Gasteiger partial charge in [-0.1, -0.05) is 37.3 Å². The lowest BCUT2D eigenvalue weighted by atomic mass is 10.0. The van der Waals surface area contributed by atoms with Gasteiger partial charge >= 0.3 is 0 Å². The summed E-state index contributed by atoms with van der Waals surface area (Å²) in [6.07, 6.45) is 1.52. The molecule has 3 rings (SSSR count). The van der Waals surface area contributed by atoms with Crippen LogP contribution in [0.25, 0.3) is 5.57 Å². The molecule has 2 aromatic rings. The van der Waals surface area contributed by atoms with Crippen LogP contribution in [0.2, 0.25) is 0 Å². The van der Waals surface area contributed by atoms with Gasteiger partial charge in [0.15, 0.2) is 0 Å². The number of hydrogen-bond donors (Lipinski definition) is 1. The van der Waals surface area contributed by atoms with Crippen LogP contribution in [0, 0.1) is 6.92 Å². The molecule has 0 unspecified atom stereocenters. The second-order valence-corrected chi connectivity index (χ2v) is 7.38. The highest BCUT2D eigenvalue weighted by Gasteiger charge is 2.39. The number of nitrogens with one attached hydrogen (secondary N) is 1. The van der Waals surface area contributed by atoms with Gasteiger partial charge in [-0.25, -0.2) is 0 Å². The van der Waals surface area contributed by atoms with E-state index >= 15 is 0 Å². The van der Waals surface area contributed by atoms with Crippen molar-refractivity contribution in [2.75, 3.05) is 31.7 Å². The normalized spacial score (nSPS) is 13.8. The Labute approximate surface area is 183 Å². The predicted molar refractivity (Wildman–Crippen MR) is 122 cm³/mol. The molecule has 1 N–H and O–H groups in total. The monoisotopic (exact) mass is 422 g/mol. The lowest BCUT2D eigenvalue weighted by molar-refractivity contribution is -0.137.